The first-order valence-electron chi connectivity index (χ1n) is 8.30. The van der Waals surface area contributed by atoms with E-state index in [4.69, 9.17) is 16.0 Å². The molecule has 0 fully saturated rings. The van der Waals surface area contributed by atoms with Crippen molar-refractivity contribution >= 4 is 29.4 Å². The second-order valence-corrected chi connectivity index (χ2v) is 6.55. The van der Waals surface area contributed by atoms with Gasteiger partial charge in [-0.3, -0.25) is 14.9 Å². The van der Waals surface area contributed by atoms with Gasteiger partial charge in [-0.05, 0) is 55.3 Å². The Morgan fingerprint density at radius 2 is 1.96 bits per heavy atom. The van der Waals surface area contributed by atoms with Gasteiger partial charge in [0.05, 0.1) is 21.7 Å². The predicted molar refractivity (Wildman–Crippen MR) is 107 cm³/mol. The van der Waals surface area contributed by atoms with E-state index in [0.717, 1.165) is 11.1 Å². The third-order valence-corrected chi connectivity index (χ3v) is 4.35. The molecule has 1 heterocycles. The first-order valence-corrected chi connectivity index (χ1v) is 8.68. The summed E-state index contributed by atoms with van der Waals surface area (Å²) in [4.78, 5) is 22.5. The first kappa shape index (κ1) is 19.3. The normalized spacial score (nSPS) is 11.0. The quantitative estimate of drug-likeness (QED) is 0.376. The number of hydrazone groups is 1. The molecule has 142 valence electrons. The molecule has 0 saturated heterocycles. The van der Waals surface area contributed by atoms with Crippen LogP contribution < -0.4 is 5.43 Å². The SMILES string of the molecule is Cc1ccc(C(=O)NN=Cc2ccc(-c3ccc([N+](=O)[O-])cc3C)o2)c(Cl)c1. The van der Waals surface area contributed by atoms with Crippen molar-refractivity contribution in [2.45, 2.75) is 13.8 Å². The summed E-state index contributed by atoms with van der Waals surface area (Å²) in [5, 5.41) is 15.1. The van der Waals surface area contributed by atoms with Crippen LogP contribution in [-0.4, -0.2) is 17.0 Å². The molecule has 0 bridgehead atoms. The molecule has 0 aliphatic rings. The molecule has 0 aliphatic heterocycles. The number of furan rings is 1. The lowest BCUT2D eigenvalue weighted by molar-refractivity contribution is -0.384. The number of nitrogens with zero attached hydrogens (tertiary/aromatic N) is 2. The zero-order valence-electron chi connectivity index (χ0n) is 15.1. The fourth-order valence-corrected chi connectivity index (χ4v) is 2.94. The maximum Gasteiger partial charge on any atom is 0.272 e. The fourth-order valence-electron chi connectivity index (χ4n) is 2.62. The number of rotatable bonds is 5. The van der Waals surface area contributed by atoms with E-state index >= 15 is 0 Å². The van der Waals surface area contributed by atoms with Gasteiger partial charge in [0, 0.05) is 17.7 Å². The number of benzene rings is 2. The summed E-state index contributed by atoms with van der Waals surface area (Å²) in [6.07, 6.45) is 1.37. The van der Waals surface area contributed by atoms with Crippen LogP contribution in [0.3, 0.4) is 0 Å². The van der Waals surface area contributed by atoms with Crippen LogP contribution in [0.25, 0.3) is 11.3 Å². The highest BCUT2D eigenvalue weighted by Gasteiger charge is 2.12. The molecule has 3 rings (SSSR count). The Hall–Kier alpha value is -3.45. The average molecular weight is 398 g/mol. The number of carbonyl (C=O) groups is 1. The van der Waals surface area contributed by atoms with Gasteiger partial charge in [-0.25, -0.2) is 5.43 Å². The molecule has 0 radical (unpaired) electrons. The fraction of sp³-hybridized carbons (Fsp3) is 0.100. The van der Waals surface area contributed by atoms with Gasteiger partial charge < -0.3 is 4.42 Å². The van der Waals surface area contributed by atoms with E-state index in [-0.39, 0.29) is 5.69 Å². The first-order chi connectivity index (χ1) is 13.3. The molecule has 7 nitrogen and oxygen atoms in total. The van der Waals surface area contributed by atoms with Gasteiger partial charge in [0.2, 0.25) is 0 Å². The molecular formula is C20H16ClN3O4. The highest BCUT2D eigenvalue weighted by Crippen LogP contribution is 2.28. The van der Waals surface area contributed by atoms with Crippen LogP contribution >= 0.6 is 11.6 Å². The van der Waals surface area contributed by atoms with E-state index in [1.807, 2.05) is 6.92 Å². The Morgan fingerprint density at radius 1 is 1.18 bits per heavy atom. The Morgan fingerprint density at radius 3 is 2.64 bits per heavy atom. The largest absolute Gasteiger partial charge is 0.455 e. The second kappa shape index (κ2) is 8.06. The molecule has 3 aromatic rings. The average Bonchev–Trinajstić information content (AvgIpc) is 3.10. The number of hydrogen-bond donors (Lipinski definition) is 1. The molecule has 0 aliphatic carbocycles. The molecule has 1 aromatic heterocycles. The van der Waals surface area contributed by atoms with Gasteiger partial charge in [0.15, 0.2) is 0 Å². The van der Waals surface area contributed by atoms with Gasteiger partial charge in [-0.2, -0.15) is 5.10 Å². The number of halogens is 1. The smallest absolute Gasteiger partial charge is 0.272 e. The maximum absolute atomic E-state index is 12.1. The van der Waals surface area contributed by atoms with E-state index in [2.05, 4.69) is 10.5 Å². The van der Waals surface area contributed by atoms with Gasteiger partial charge in [-0.1, -0.05) is 17.7 Å². The summed E-state index contributed by atoms with van der Waals surface area (Å²) in [7, 11) is 0. The lowest BCUT2D eigenvalue weighted by Gasteiger charge is -2.03. The monoisotopic (exact) mass is 397 g/mol. The highest BCUT2D eigenvalue weighted by atomic mass is 35.5. The Bertz CT molecular complexity index is 1090. The van der Waals surface area contributed by atoms with Crippen molar-refractivity contribution < 1.29 is 14.1 Å². The van der Waals surface area contributed by atoms with Crippen molar-refractivity contribution in [1.82, 2.24) is 5.43 Å². The molecule has 0 unspecified atom stereocenters. The highest BCUT2D eigenvalue weighted by molar-refractivity contribution is 6.33. The van der Waals surface area contributed by atoms with Crippen molar-refractivity contribution in [2.24, 2.45) is 5.10 Å². The number of amides is 1. The molecule has 1 N–H and O–H groups in total. The van der Waals surface area contributed by atoms with E-state index in [0.29, 0.717) is 27.7 Å². The summed E-state index contributed by atoms with van der Waals surface area (Å²) < 4.78 is 5.68. The van der Waals surface area contributed by atoms with Crippen LogP contribution in [-0.2, 0) is 0 Å². The number of hydrogen-bond acceptors (Lipinski definition) is 5. The Kier molecular flexibility index (Phi) is 5.56. The van der Waals surface area contributed by atoms with E-state index in [9.17, 15) is 14.9 Å². The van der Waals surface area contributed by atoms with Crippen molar-refractivity contribution in [2.75, 3.05) is 0 Å². The molecule has 28 heavy (non-hydrogen) atoms. The molecule has 0 atom stereocenters. The summed E-state index contributed by atoms with van der Waals surface area (Å²) in [6, 6.07) is 13.1. The molecular weight excluding hydrogens is 382 g/mol. The second-order valence-electron chi connectivity index (χ2n) is 6.14. The summed E-state index contributed by atoms with van der Waals surface area (Å²) in [6.45, 7) is 3.65. The standard InChI is InChI=1S/C20H16ClN3O4/c1-12-3-6-17(18(21)9-12)20(25)23-22-11-15-5-8-19(28-15)16-7-4-14(24(26)27)10-13(16)2/h3-11H,1-2H3,(H,23,25). The molecule has 0 saturated carbocycles. The van der Waals surface area contributed by atoms with Crippen molar-refractivity contribution in [3.8, 4) is 11.3 Å². The zero-order chi connectivity index (χ0) is 20.3. The van der Waals surface area contributed by atoms with Crippen molar-refractivity contribution in [1.29, 1.82) is 0 Å². The number of non-ortho nitro benzene ring substituents is 1. The van der Waals surface area contributed by atoms with Crippen molar-refractivity contribution in [3.63, 3.8) is 0 Å². The zero-order valence-corrected chi connectivity index (χ0v) is 15.9. The number of nitro benzene ring substituents is 1. The van der Waals surface area contributed by atoms with E-state index < -0.39 is 10.8 Å². The Labute approximate surface area is 165 Å². The number of nitro groups is 1. The minimum atomic E-state index is -0.444. The minimum absolute atomic E-state index is 0.0204. The summed E-state index contributed by atoms with van der Waals surface area (Å²) in [5.41, 5.74) is 5.15. The van der Waals surface area contributed by atoms with Crippen LogP contribution in [0.1, 0.15) is 27.2 Å². The Balaban J connectivity index is 1.71. The number of carbonyl (C=O) groups excluding carboxylic acids is 1. The number of aryl methyl sites for hydroxylation is 2. The topological polar surface area (TPSA) is 97.7 Å². The van der Waals surface area contributed by atoms with E-state index in [1.165, 1.54) is 18.3 Å². The van der Waals surface area contributed by atoms with Crippen molar-refractivity contribution in [3.05, 3.63) is 86.1 Å². The van der Waals surface area contributed by atoms with Crippen LogP contribution in [0.5, 0.6) is 0 Å². The van der Waals surface area contributed by atoms with Gasteiger partial charge in [0.25, 0.3) is 11.6 Å². The summed E-state index contributed by atoms with van der Waals surface area (Å²) in [5.74, 6) is 0.532. The molecule has 0 spiro atoms. The lowest BCUT2D eigenvalue weighted by Crippen LogP contribution is -2.18. The predicted octanol–water partition coefficient (Wildman–Crippen LogP) is 4.89. The van der Waals surface area contributed by atoms with Gasteiger partial charge >= 0.3 is 0 Å². The summed E-state index contributed by atoms with van der Waals surface area (Å²) >= 11 is 6.06. The van der Waals surface area contributed by atoms with Crippen LogP contribution in [0.15, 0.2) is 58.0 Å². The number of nitrogens with one attached hydrogen (secondary N) is 1. The minimum Gasteiger partial charge on any atom is -0.455 e. The molecule has 2 aromatic carbocycles. The van der Waals surface area contributed by atoms with Gasteiger partial charge in [0.1, 0.15) is 11.5 Å². The molecule has 1 amide bonds. The van der Waals surface area contributed by atoms with E-state index in [1.54, 1.807) is 43.3 Å². The van der Waals surface area contributed by atoms with Crippen LogP contribution in [0.4, 0.5) is 5.69 Å². The van der Waals surface area contributed by atoms with Crippen LogP contribution in [0, 0.1) is 24.0 Å². The third kappa shape index (κ3) is 4.27. The maximum atomic E-state index is 12.1. The lowest BCUT2D eigenvalue weighted by atomic mass is 10.1. The molecule has 8 heteroatoms. The third-order valence-electron chi connectivity index (χ3n) is 4.04. The van der Waals surface area contributed by atoms with Crippen LogP contribution in [0.2, 0.25) is 5.02 Å². The van der Waals surface area contributed by atoms with Gasteiger partial charge in [-0.15, -0.1) is 0 Å².